The molecule has 5 rings (SSSR count). The van der Waals surface area contributed by atoms with Crippen molar-refractivity contribution in [1.82, 2.24) is 5.32 Å². The summed E-state index contributed by atoms with van der Waals surface area (Å²) in [7, 11) is 1.43. The van der Waals surface area contributed by atoms with E-state index >= 15 is 0 Å². The van der Waals surface area contributed by atoms with Gasteiger partial charge in [-0.15, -0.1) is 0 Å². The van der Waals surface area contributed by atoms with E-state index in [2.05, 4.69) is 10.6 Å². The molecule has 10 heteroatoms. The standard InChI is InChI=1S/C35H31N3O7/c1-22-9-15-29(23(2)17-22)36-32(39)21-45-30-16-10-25(19-31(30)43-3)18-28-33(40)37-35(42)38(34(28)41)26-11-13-27(14-12-26)44-20-24-7-5-4-6-8-24/h4-19H,20-21H2,1-3H3,(H,36,39)(H,37,40,42)/b28-18-. The van der Waals surface area contributed by atoms with Gasteiger partial charge in [0.2, 0.25) is 0 Å². The third-order valence-electron chi connectivity index (χ3n) is 6.96. The Morgan fingerprint density at radius 2 is 1.62 bits per heavy atom. The molecule has 0 spiro atoms. The number of anilines is 2. The first-order chi connectivity index (χ1) is 21.7. The number of carbonyl (C=O) groups excluding carboxylic acids is 4. The lowest BCUT2D eigenvalue weighted by Gasteiger charge is -2.26. The van der Waals surface area contributed by atoms with E-state index in [4.69, 9.17) is 14.2 Å². The molecule has 5 amide bonds. The number of barbiturate groups is 1. The molecule has 0 radical (unpaired) electrons. The number of methoxy groups -OCH3 is 1. The average molecular weight is 606 g/mol. The van der Waals surface area contributed by atoms with Gasteiger partial charge in [-0.3, -0.25) is 19.7 Å². The fraction of sp³-hybridized carbons (Fsp3) is 0.143. The second kappa shape index (κ2) is 13.6. The van der Waals surface area contributed by atoms with Crippen LogP contribution in [0.15, 0.2) is 96.6 Å². The lowest BCUT2D eigenvalue weighted by atomic mass is 10.1. The van der Waals surface area contributed by atoms with Crippen molar-refractivity contribution in [2.24, 2.45) is 0 Å². The molecule has 0 aliphatic carbocycles. The SMILES string of the molecule is COc1cc(/C=C2/C(=O)NC(=O)N(c3ccc(OCc4ccccc4)cc3)C2=O)ccc1OCC(=O)Nc1ccc(C)cc1C. The molecule has 228 valence electrons. The van der Waals surface area contributed by atoms with E-state index in [1.807, 2.05) is 62.4 Å². The van der Waals surface area contributed by atoms with Crippen molar-refractivity contribution in [2.45, 2.75) is 20.5 Å². The number of urea groups is 1. The van der Waals surface area contributed by atoms with Crippen molar-refractivity contribution < 1.29 is 33.4 Å². The number of nitrogens with zero attached hydrogens (tertiary/aromatic N) is 1. The first kappa shape index (κ1) is 30.6. The highest BCUT2D eigenvalue weighted by atomic mass is 16.5. The van der Waals surface area contributed by atoms with Crippen LogP contribution in [-0.4, -0.2) is 37.5 Å². The highest BCUT2D eigenvalue weighted by molar-refractivity contribution is 6.39. The summed E-state index contributed by atoms with van der Waals surface area (Å²) in [5, 5.41) is 5.04. The van der Waals surface area contributed by atoms with E-state index in [0.717, 1.165) is 21.6 Å². The van der Waals surface area contributed by atoms with Crippen molar-refractivity contribution >= 4 is 41.2 Å². The van der Waals surface area contributed by atoms with Crippen LogP contribution in [0, 0.1) is 13.8 Å². The summed E-state index contributed by atoms with van der Waals surface area (Å²) in [5.74, 6) is -0.834. The van der Waals surface area contributed by atoms with Gasteiger partial charge < -0.3 is 19.5 Å². The van der Waals surface area contributed by atoms with Gasteiger partial charge >= 0.3 is 6.03 Å². The van der Waals surface area contributed by atoms with Crippen LogP contribution in [-0.2, 0) is 21.0 Å². The summed E-state index contributed by atoms with van der Waals surface area (Å²) in [6.07, 6.45) is 1.35. The number of rotatable bonds is 10. The minimum Gasteiger partial charge on any atom is -0.493 e. The van der Waals surface area contributed by atoms with Gasteiger partial charge in [-0.1, -0.05) is 54.1 Å². The fourth-order valence-electron chi connectivity index (χ4n) is 4.67. The Bertz CT molecular complexity index is 1780. The van der Waals surface area contributed by atoms with Gasteiger partial charge in [0.05, 0.1) is 12.8 Å². The second-order valence-corrected chi connectivity index (χ2v) is 10.3. The molecule has 1 fully saturated rings. The van der Waals surface area contributed by atoms with Crippen molar-refractivity contribution in [2.75, 3.05) is 23.9 Å². The molecule has 0 bridgehead atoms. The molecule has 0 saturated carbocycles. The number of imide groups is 2. The van der Waals surface area contributed by atoms with Gasteiger partial charge in [-0.2, -0.15) is 0 Å². The quantitative estimate of drug-likeness (QED) is 0.179. The molecule has 0 unspecified atom stereocenters. The molecule has 1 saturated heterocycles. The van der Waals surface area contributed by atoms with E-state index in [1.165, 1.54) is 13.2 Å². The minimum absolute atomic E-state index is 0.248. The molecule has 0 aromatic heterocycles. The molecule has 1 aliphatic rings. The normalized spacial score (nSPS) is 13.8. The monoisotopic (exact) mass is 605 g/mol. The van der Waals surface area contributed by atoms with Crippen LogP contribution >= 0.6 is 0 Å². The van der Waals surface area contributed by atoms with Gasteiger partial charge in [-0.25, -0.2) is 9.69 Å². The molecule has 2 N–H and O–H groups in total. The molecule has 0 atom stereocenters. The number of benzene rings is 4. The molecule has 4 aromatic carbocycles. The van der Waals surface area contributed by atoms with Gasteiger partial charge in [0.25, 0.3) is 17.7 Å². The Hall–Kier alpha value is -5.90. The van der Waals surface area contributed by atoms with Crippen LogP contribution < -0.4 is 29.7 Å². The van der Waals surface area contributed by atoms with E-state index in [1.54, 1.807) is 42.5 Å². The summed E-state index contributed by atoms with van der Waals surface area (Å²) in [6, 6.07) is 25.6. The average Bonchev–Trinajstić information content (AvgIpc) is 3.03. The number of hydrogen-bond donors (Lipinski definition) is 2. The molecular formula is C35H31N3O7. The Kier molecular flexibility index (Phi) is 9.23. The van der Waals surface area contributed by atoms with Crippen LogP contribution in [0.1, 0.15) is 22.3 Å². The Balaban J connectivity index is 1.27. The van der Waals surface area contributed by atoms with Crippen molar-refractivity contribution in [3.63, 3.8) is 0 Å². The van der Waals surface area contributed by atoms with Crippen molar-refractivity contribution in [1.29, 1.82) is 0 Å². The fourth-order valence-corrected chi connectivity index (χ4v) is 4.67. The van der Waals surface area contributed by atoms with E-state index < -0.39 is 17.8 Å². The molecule has 1 heterocycles. The topological polar surface area (TPSA) is 123 Å². The lowest BCUT2D eigenvalue weighted by molar-refractivity contribution is -0.122. The summed E-state index contributed by atoms with van der Waals surface area (Å²) < 4.78 is 16.9. The number of carbonyl (C=O) groups is 4. The lowest BCUT2D eigenvalue weighted by Crippen LogP contribution is -2.54. The van der Waals surface area contributed by atoms with Crippen molar-refractivity contribution in [3.8, 4) is 17.2 Å². The zero-order valence-electron chi connectivity index (χ0n) is 25.0. The first-order valence-corrected chi connectivity index (χ1v) is 14.1. The van der Waals surface area contributed by atoms with Gasteiger partial charge in [-0.05, 0) is 79.1 Å². The summed E-state index contributed by atoms with van der Waals surface area (Å²) in [6.45, 7) is 3.98. The third kappa shape index (κ3) is 7.37. The van der Waals surface area contributed by atoms with Crippen LogP contribution in [0.2, 0.25) is 0 Å². The number of hydrogen-bond acceptors (Lipinski definition) is 7. The molecule has 4 aromatic rings. The summed E-state index contributed by atoms with van der Waals surface area (Å²) in [5.41, 5.74) is 4.17. The second-order valence-electron chi connectivity index (χ2n) is 10.3. The Morgan fingerprint density at radius 3 is 2.33 bits per heavy atom. The van der Waals surface area contributed by atoms with E-state index in [9.17, 15) is 19.2 Å². The summed E-state index contributed by atoms with van der Waals surface area (Å²) >= 11 is 0. The van der Waals surface area contributed by atoms with Gasteiger partial charge in [0, 0.05) is 5.69 Å². The smallest absolute Gasteiger partial charge is 0.335 e. The van der Waals surface area contributed by atoms with Crippen LogP contribution in [0.4, 0.5) is 16.2 Å². The van der Waals surface area contributed by atoms with Crippen LogP contribution in [0.3, 0.4) is 0 Å². The first-order valence-electron chi connectivity index (χ1n) is 14.1. The van der Waals surface area contributed by atoms with Crippen LogP contribution in [0.5, 0.6) is 17.2 Å². The molecular weight excluding hydrogens is 574 g/mol. The Labute approximate surface area is 260 Å². The van der Waals surface area contributed by atoms with E-state index in [-0.39, 0.29) is 29.5 Å². The zero-order chi connectivity index (χ0) is 31.9. The maximum Gasteiger partial charge on any atom is 0.335 e. The van der Waals surface area contributed by atoms with Gasteiger partial charge in [0.1, 0.15) is 17.9 Å². The molecule has 1 aliphatic heterocycles. The highest BCUT2D eigenvalue weighted by Gasteiger charge is 2.36. The predicted octanol–water partition coefficient (Wildman–Crippen LogP) is 5.57. The van der Waals surface area contributed by atoms with E-state index in [0.29, 0.717) is 29.4 Å². The zero-order valence-corrected chi connectivity index (χ0v) is 25.0. The minimum atomic E-state index is -0.861. The van der Waals surface area contributed by atoms with Crippen LogP contribution in [0.25, 0.3) is 6.08 Å². The number of aryl methyl sites for hydroxylation is 2. The molecule has 45 heavy (non-hydrogen) atoms. The van der Waals surface area contributed by atoms with Crippen molar-refractivity contribution in [3.05, 3.63) is 119 Å². The maximum absolute atomic E-state index is 13.4. The third-order valence-corrected chi connectivity index (χ3v) is 6.96. The number of ether oxygens (including phenoxy) is 3. The largest absolute Gasteiger partial charge is 0.493 e. The number of amides is 5. The predicted molar refractivity (Wildman–Crippen MR) is 169 cm³/mol. The number of nitrogens with one attached hydrogen (secondary N) is 2. The summed E-state index contributed by atoms with van der Waals surface area (Å²) in [4.78, 5) is 52.1. The highest BCUT2D eigenvalue weighted by Crippen LogP contribution is 2.30. The van der Waals surface area contributed by atoms with Gasteiger partial charge in [0.15, 0.2) is 18.1 Å². The maximum atomic E-state index is 13.4. The Morgan fingerprint density at radius 1 is 0.867 bits per heavy atom. The molecule has 10 nitrogen and oxygen atoms in total.